The van der Waals surface area contributed by atoms with E-state index in [0.717, 1.165) is 6.42 Å². The number of amides is 1. The van der Waals surface area contributed by atoms with Crippen LogP contribution in [0, 0.1) is 6.42 Å². The zero-order valence-corrected chi connectivity index (χ0v) is 5.31. The fourth-order valence-corrected chi connectivity index (χ4v) is 0.720. The van der Waals surface area contributed by atoms with Crippen LogP contribution in [0.5, 0.6) is 0 Å². The molecule has 1 saturated heterocycles. The second-order valence-electron chi connectivity index (χ2n) is 1.97. The van der Waals surface area contributed by atoms with Gasteiger partial charge in [0, 0.05) is 13.0 Å². The molecule has 1 unspecified atom stereocenters. The molecule has 0 aromatic carbocycles. The Labute approximate surface area is 60.5 Å². The Bertz CT molecular complexity index is 168. The smallest absolute Gasteiger partial charge is 0.353 e. The average Bonchev–Trinajstić information content (AvgIpc) is 2.12. The van der Waals surface area contributed by atoms with Crippen molar-refractivity contribution in [3.05, 3.63) is 6.42 Å². The quantitative estimate of drug-likeness (QED) is 0.608. The van der Waals surface area contributed by atoms with E-state index in [1.807, 2.05) is 0 Å². The van der Waals surface area contributed by atoms with Gasteiger partial charge in [-0.2, -0.15) is 0 Å². The van der Waals surface area contributed by atoms with Crippen molar-refractivity contribution in [3.63, 3.8) is 0 Å². The molecule has 63 valence electrons. The number of alkyl halides is 3. The standard InChI is InChI=1S/C5H5F3NO2/c6-5(7,8)11-3-1-2-9-4(3)10/h1,3H,2H2,(H,9,10). The van der Waals surface area contributed by atoms with Crippen molar-refractivity contribution in [2.75, 3.05) is 6.54 Å². The molecule has 1 atom stereocenters. The molecule has 0 aromatic heterocycles. The first kappa shape index (κ1) is 8.32. The number of hydrogen-bond donors (Lipinski definition) is 1. The van der Waals surface area contributed by atoms with Gasteiger partial charge in [-0.3, -0.25) is 9.53 Å². The Balaban J connectivity index is 2.43. The topological polar surface area (TPSA) is 38.3 Å². The molecular formula is C5H5F3NO2. The van der Waals surface area contributed by atoms with Gasteiger partial charge in [0.05, 0.1) is 0 Å². The van der Waals surface area contributed by atoms with Gasteiger partial charge in [0.15, 0.2) is 6.10 Å². The maximum atomic E-state index is 11.5. The average molecular weight is 168 g/mol. The van der Waals surface area contributed by atoms with Gasteiger partial charge in [0.1, 0.15) is 0 Å². The van der Waals surface area contributed by atoms with Crippen LogP contribution in [-0.2, 0) is 9.53 Å². The van der Waals surface area contributed by atoms with Crippen LogP contribution in [0.15, 0.2) is 0 Å². The van der Waals surface area contributed by atoms with E-state index in [2.05, 4.69) is 10.1 Å². The summed E-state index contributed by atoms with van der Waals surface area (Å²) in [5.41, 5.74) is 0. The molecule has 1 aliphatic rings. The monoisotopic (exact) mass is 168 g/mol. The second kappa shape index (κ2) is 2.69. The zero-order valence-electron chi connectivity index (χ0n) is 5.31. The zero-order chi connectivity index (χ0) is 8.48. The summed E-state index contributed by atoms with van der Waals surface area (Å²) in [6.45, 7) is 0.125. The van der Waals surface area contributed by atoms with E-state index < -0.39 is 18.4 Å². The number of halogens is 3. The van der Waals surface area contributed by atoms with E-state index in [-0.39, 0.29) is 6.54 Å². The van der Waals surface area contributed by atoms with Crippen molar-refractivity contribution >= 4 is 5.91 Å². The number of carbonyl (C=O) groups is 1. The number of nitrogens with one attached hydrogen (secondary N) is 1. The minimum atomic E-state index is -4.75. The van der Waals surface area contributed by atoms with E-state index in [0.29, 0.717) is 0 Å². The molecular weight excluding hydrogens is 163 g/mol. The number of rotatable bonds is 1. The van der Waals surface area contributed by atoms with Crippen molar-refractivity contribution in [1.82, 2.24) is 5.32 Å². The van der Waals surface area contributed by atoms with E-state index >= 15 is 0 Å². The van der Waals surface area contributed by atoms with Gasteiger partial charge in [0.2, 0.25) is 5.91 Å². The highest BCUT2D eigenvalue weighted by atomic mass is 19.4. The molecule has 0 spiro atoms. The van der Waals surface area contributed by atoms with Crippen LogP contribution in [0.4, 0.5) is 13.2 Å². The summed E-state index contributed by atoms with van der Waals surface area (Å²) in [5, 5.41) is 2.17. The molecule has 0 saturated carbocycles. The molecule has 1 radical (unpaired) electrons. The van der Waals surface area contributed by atoms with Gasteiger partial charge in [-0.15, -0.1) is 13.2 Å². The first-order chi connectivity index (χ1) is 4.99. The lowest BCUT2D eigenvalue weighted by molar-refractivity contribution is -0.332. The predicted octanol–water partition coefficient (Wildman–Crippen LogP) is 0.225. The highest BCUT2D eigenvalue weighted by molar-refractivity contribution is 5.84. The molecule has 0 aliphatic carbocycles. The van der Waals surface area contributed by atoms with Crippen molar-refractivity contribution in [2.24, 2.45) is 0 Å². The Hall–Kier alpha value is -0.780. The predicted molar refractivity (Wildman–Crippen MR) is 28.2 cm³/mol. The summed E-state index contributed by atoms with van der Waals surface area (Å²) in [4.78, 5) is 10.5. The maximum absolute atomic E-state index is 11.5. The Kier molecular flexibility index (Phi) is 2.03. The van der Waals surface area contributed by atoms with Crippen LogP contribution in [0.3, 0.4) is 0 Å². The Morgan fingerprint density at radius 2 is 2.27 bits per heavy atom. The molecule has 1 fully saturated rings. The molecule has 1 amide bonds. The van der Waals surface area contributed by atoms with Crippen molar-refractivity contribution in [2.45, 2.75) is 12.5 Å². The van der Waals surface area contributed by atoms with E-state index in [1.54, 1.807) is 0 Å². The third-order valence-corrected chi connectivity index (χ3v) is 1.13. The van der Waals surface area contributed by atoms with Gasteiger partial charge < -0.3 is 5.32 Å². The number of ether oxygens (including phenoxy) is 1. The molecule has 1 rings (SSSR count). The summed E-state index contributed by atoms with van der Waals surface area (Å²) in [6, 6.07) is 0. The summed E-state index contributed by atoms with van der Waals surface area (Å²) in [5.74, 6) is -0.748. The number of carbonyl (C=O) groups excluding carboxylic acids is 1. The van der Waals surface area contributed by atoms with Crippen molar-refractivity contribution < 1.29 is 22.7 Å². The lowest BCUT2D eigenvalue weighted by atomic mass is 10.3. The highest BCUT2D eigenvalue weighted by Gasteiger charge is 2.38. The van der Waals surface area contributed by atoms with Crippen molar-refractivity contribution in [3.8, 4) is 0 Å². The van der Waals surface area contributed by atoms with Crippen LogP contribution in [0.2, 0.25) is 0 Å². The van der Waals surface area contributed by atoms with Crippen LogP contribution < -0.4 is 5.32 Å². The number of hydrogen-bond acceptors (Lipinski definition) is 2. The summed E-state index contributed by atoms with van der Waals surface area (Å²) >= 11 is 0. The molecule has 1 N–H and O–H groups in total. The summed E-state index contributed by atoms with van der Waals surface area (Å²) in [6.07, 6.45) is -5.10. The lowest BCUT2D eigenvalue weighted by Gasteiger charge is -2.10. The van der Waals surface area contributed by atoms with E-state index in [1.165, 1.54) is 0 Å². The molecule has 1 aliphatic heterocycles. The largest absolute Gasteiger partial charge is 0.523 e. The molecule has 3 nitrogen and oxygen atoms in total. The van der Waals surface area contributed by atoms with Gasteiger partial charge in [0.25, 0.3) is 0 Å². The third kappa shape index (κ3) is 2.38. The first-order valence-corrected chi connectivity index (χ1v) is 2.84. The van der Waals surface area contributed by atoms with Crippen LogP contribution in [0.1, 0.15) is 0 Å². The van der Waals surface area contributed by atoms with Crippen molar-refractivity contribution in [1.29, 1.82) is 0 Å². The van der Waals surface area contributed by atoms with E-state index in [9.17, 15) is 18.0 Å². The fraction of sp³-hybridized carbons (Fsp3) is 0.600. The molecule has 0 aromatic rings. The minimum absolute atomic E-state index is 0.125. The Morgan fingerprint density at radius 1 is 1.64 bits per heavy atom. The Morgan fingerprint density at radius 3 is 2.64 bits per heavy atom. The summed E-state index contributed by atoms with van der Waals surface area (Å²) < 4.78 is 37.8. The van der Waals surface area contributed by atoms with Gasteiger partial charge in [-0.25, -0.2) is 0 Å². The molecule has 1 heterocycles. The minimum Gasteiger partial charge on any atom is -0.353 e. The van der Waals surface area contributed by atoms with Gasteiger partial charge in [-0.05, 0) is 0 Å². The third-order valence-electron chi connectivity index (χ3n) is 1.13. The van der Waals surface area contributed by atoms with Gasteiger partial charge in [-0.1, -0.05) is 0 Å². The summed E-state index contributed by atoms with van der Waals surface area (Å²) in [7, 11) is 0. The maximum Gasteiger partial charge on any atom is 0.523 e. The SMILES string of the molecule is O=C1NC[CH]C1OC(F)(F)F. The molecule has 6 heteroatoms. The van der Waals surface area contributed by atoms with Crippen LogP contribution in [0.25, 0.3) is 0 Å². The van der Waals surface area contributed by atoms with Crippen LogP contribution >= 0.6 is 0 Å². The second-order valence-corrected chi connectivity index (χ2v) is 1.97. The van der Waals surface area contributed by atoms with Crippen LogP contribution in [-0.4, -0.2) is 24.9 Å². The first-order valence-electron chi connectivity index (χ1n) is 2.84. The van der Waals surface area contributed by atoms with E-state index in [4.69, 9.17) is 0 Å². The highest BCUT2D eigenvalue weighted by Crippen LogP contribution is 2.21. The van der Waals surface area contributed by atoms with Gasteiger partial charge >= 0.3 is 6.36 Å². The lowest BCUT2D eigenvalue weighted by Crippen LogP contribution is -2.30. The normalized spacial score (nSPS) is 25.4. The molecule has 0 bridgehead atoms. The molecule has 11 heavy (non-hydrogen) atoms. The fourth-order valence-electron chi connectivity index (χ4n) is 0.720.